The maximum atomic E-state index is 13.8. The fraction of sp³-hybridized carbons (Fsp3) is 0.235. The lowest BCUT2D eigenvalue weighted by atomic mass is 10.2. The molecule has 0 aliphatic heterocycles. The second-order valence-corrected chi connectivity index (χ2v) is 6.10. The zero-order chi connectivity index (χ0) is 17.8. The molecule has 3 aromatic rings. The van der Waals surface area contributed by atoms with Crippen LogP contribution in [0.2, 0.25) is 5.02 Å². The van der Waals surface area contributed by atoms with Gasteiger partial charge in [-0.3, -0.25) is 14.2 Å². The Balaban J connectivity index is 1.57. The van der Waals surface area contributed by atoms with Crippen LogP contribution in [0.1, 0.15) is 17.5 Å². The minimum absolute atomic E-state index is 0.118. The lowest BCUT2D eigenvalue weighted by Crippen LogP contribution is -2.11. The summed E-state index contributed by atoms with van der Waals surface area (Å²) in [6.45, 7) is 0.192. The van der Waals surface area contributed by atoms with Crippen molar-refractivity contribution in [2.75, 3.05) is 5.32 Å². The highest BCUT2D eigenvalue weighted by molar-refractivity contribution is 6.31. The third-order valence-electron chi connectivity index (χ3n) is 3.70. The lowest BCUT2D eigenvalue weighted by molar-refractivity contribution is -0.116. The Hall–Kier alpha value is -2.67. The van der Waals surface area contributed by atoms with Gasteiger partial charge in [-0.1, -0.05) is 17.7 Å². The highest BCUT2D eigenvalue weighted by Crippen LogP contribution is 2.20. The van der Waals surface area contributed by atoms with Crippen molar-refractivity contribution >= 4 is 23.2 Å². The number of carbonyl (C=O) groups excluding carboxylic acids is 1. The highest BCUT2D eigenvalue weighted by atomic mass is 35.5. The predicted octanol–water partition coefficient (Wildman–Crippen LogP) is 3.03. The van der Waals surface area contributed by atoms with Crippen molar-refractivity contribution in [3.63, 3.8) is 0 Å². The summed E-state index contributed by atoms with van der Waals surface area (Å²) in [6.07, 6.45) is 7.74. The van der Waals surface area contributed by atoms with E-state index in [1.54, 1.807) is 29.2 Å². The number of halogens is 2. The number of hydrogen-bond acceptors (Lipinski definition) is 3. The number of anilines is 1. The van der Waals surface area contributed by atoms with E-state index >= 15 is 0 Å². The summed E-state index contributed by atoms with van der Waals surface area (Å²) >= 11 is 6.01. The van der Waals surface area contributed by atoms with Crippen LogP contribution in [-0.4, -0.2) is 25.5 Å². The first kappa shape index (κ1) is 17.2. The largest absolute Gasteiger partial charge is 0.323 e. The molecule has 6 nitrogen and oxygen atoms in total. The third kappa shape index (κ3) is 4.45. The van der Waals surface area contributed by atoms with Gasteiger partial charge >= 0.3 is 0 Å². The molecular weight excluding hydrogens is 345 g/mol. The number of amides is 1. The van der Waals surface area contributed by atoms with Gasteiger partial charge in [0.2, 0.25) is 5.91 Å². The van der Waals surface area contributed by atoms with E-state index in [0.29, 0.717) is 29.1 Å². The molecule has 2 heterocycles. The van der Waals surface area contributed by atoms with Crippen LogP contribution in [0.3, 0.4) is 0 Å². The van der Waals surface area contributed by atoms with Gasteiger partial charge in [0.05, 0.1) is 24.6 Å². The van der Waals surface area contributed by atoms with E-state index in [1.165, 1.54) is 16.9 Å². The molecule has 130 valence electrons. The summed E-state index contributed by atoms with van der Waals surface area (Å²) in [4.78, 5) is 12.0. The number of hydrogen-bond donors (Lipinski definition) is 1. The van der Waals surface area contributed by atoms with Crippen molar-refractivity contribution in [3.8, 4) is 0 Å². The van der Waals surface area contributed by atoms with Crippen LogP contribution in [0.4, 0.5) is 10.1 Å². The smallest absolute Gasteiger partial charge is 0.224 e. The van der Waals surface area contributed by atoms with Gasteiger partial charge in [-0.05, 0) is 24.1 Å². The average Bonchev–Trinajstić information content (AvgIpc) is 3.18. The molecule has 0 atom stereocenters. The Morgan fingerprint density at radius 3 is 2.84 bits per heavy atom. The van der Waals surface area contributed by atoms with Crippen molar-refractivity contribution in [2.24, 2.45) is 7.05 Å². The first-order valence-electron chi connectivity index (χ1n) is 7.74. The molecule has 1 amide bonds. The number of nitrogens with one attached hydrogen (secondary N) is 1. The van der Waals surface area contributed by atoms with Crippen molar-refractivity contribution in [2.45, 2.75) is 19.4 Å². The van der Waals surface area contributed by atoms with Gasteiger partial charge in [0.15, 0.2) is 0 Å². The van der Waals surface area contributed by atoms with Crippen molar-refractivity contribution in [1.29, 1.82) is 0 Å². The number of rotatable bonds is 6. The summed E-state index contributed by atoms with van der Waals surface area (Å²) in [5, 5.41) is 11.3. The Labute approximate surface area is 149 Å². The quantitative estimate of drug-likeness (QED) is 0.734. The number of nitrogens with zero attached hydrogens (tertiary/aromatic N) is 4. The fourth-order valence-corrected chi connectivity index (χ4v) is 2.67. The van der Waals surface area contributed by atoms with Gasteiger partial charge in [0.1, 0.15) is 5.82 Å². The first-order valence-corrected chi connectivity index (χ1v) is 8.12. The molecule has 0 saturated heterocycles. The van der Waals surface area contributed by atoms with Crippen LogP contribution in [0.15, 0.2) is 43.0 Å². The molecule has 0 radical (unpaired) electrons. The van der Waals surface area contributed by atoms with E-state index in [1.807, 2.05) is 13.2 Å². The van der Waals surface area contributed by atoms with Crippen LogP contribution < -0.4 is 5.32 Å². The molecule has 0 spiro atoms. The van der Waals surface area contributed by atoms with Crippen LogP contribution in [0.5, 0.6) is 0 Å². The number of aryl methyl sites for hydroxylation is 2. The molecule has 2 aromatic heterocycles. The second-order valence-electron chi connectivity index (χ2n) is 5.70. The van der Waals surface area contributed by atoms with Gasteiger partial charge in [0.25, 0.3) is 0 Å². The second kappa shape index (κ2) is 7.48. The molecule has 1 N–H and O–H groups in total. The predicted molar refractivity (Wildman–Crippen MR) is 92.9 cm³/mol. The standard InChI is InChI=1S/C17H17ClFN5O/c1-23-9-12(7-20-23)5-6-17(25)22-13-8-21-24(10-13)11-14-15(18)3-2-4-16(14)19/h2-4,7-10H,5-6,11H2,1H3,(H,22,25). The third-order valence-corrected chi connectivity index (χ3v) is 4.05. The molecule has 0 bridgehead atoms. The van der Waals surface area contributed by atoms with Crippen LogP contribution in [0, 0.1) is 5.82 Å². The summed E-state index contributed by atoms with van der Waals surface area (Å²) in [5.74, 6) is -0.502. The topological polar surface area (TPSA) is 64.7 Å². The van der Waals surface area contributed by atoms with Gasteiger partial charge in [0, 0.05) is 36.4 Å². The maximum absolute atomic E-state index is 13.8. The summed E-state index contributed by atoms with van der Waals surface area (Å²) < 4.78 is 17.0. The van der Waals surface area contributed by atoms with E-state index in [0.717, 1.165) is 5.56 Å². The highest BCUT2D eigenvalue weighted by Gasteiger charge is 2.10. The number of carbonyl (C=O) groups is 1. The molecule has 0 unspecified atom stereocenters. The van der Waals surface area contributed by atoms with E-state index in [-0.39, 0.29) is 18.3 Å². The van der Waals surface area contributed by atoms with Crippen LogP contribution in [0.25, 0.3) is 0 Å². The van der Waals surface area contributed by atoms with Crippen LogP contribution in [-0.2, 0) is 24.8 Å². The lowest BCUT2D eigenvalue weighted by Gasteiger charge is -2.05. The molecule has 1 aromatic carbocycles. The van der Waals surface area contributed by atoms with E-state index < -0.39 is 0 Å². The summed E-state index contributed by atoms with van der Waals surface area (Å²) in [6, 6.07) is 4.54. The van der Waals surface area contributed by atoms with Gasteiger partial charge in [-0.2, -0.15) is 10.2 Å². The van der Waals surface area contributed by atoms with Gasteiger partial charge in [-0.15, -0.1) is 0 Å². The molecule has 8 heteroatoms. The minimum atomic E-state index is -0.384. The average molecular weight is 362 g/mol. The first-order chi connectivity index (χ1) is 12.0. The van der Waals surface area contributed by atoms with Crippen LogP contribution >= 0.6 is 11.6 Å². The Bertz CT molecular complexity index is 869. The van der Waals surface area contributed by atoms with E-state index in [9.17, 15) is 9.18 Å². The molecule has 25 heavy (non-hydrogen) atoms. The molecule has 0 fully saturated rings. The molecule has 0 aliphatic rings. The van der Waals surface area contributed by atoms with Crippen molar-refractivity contribution in [3.05, 3.63) is 65.0 Å². The molecule has 3 rings (SSSR count). The number of benzene rings is 1. The molecule has 0 saturated carbocycles. The maximum Gasteiger partial charge on any atom is 0.224 e. The molecule has 0 aliphatic carbocycles. The number of aromatic nitrogens is 4. The van der Waals surface area contributed by atoms with Crippen molar-refractivity contribution in [1.82, 2.24) is 19.6 Å². The Morgan fingerprint density at radius 2 is 2.12 bits per heavy atom. The van der Waals surface area contributed by atoms with Crippen molar-refractivity contribution < 1.29 is 9.18 Å². The normalized spacial score (nSPS) is 10.8. The zero-order valence-electron chi connectivity index (χ0n) is 13.6. The van der Waals surface area contributed by atoms with E-state index in [4.69, 9.17) is 11.6 Å². The van der Waals surface area contributed by atoms with E-state index in [2.05, 4.69) is 15.5 Å². The van der Waals surface area contributed by atoms with Gasteiger partial charge in [-0.25, -0.2) is 4.39 Å². The fourth-order valence-electron chi connectivity index (χ4n) is 2.44. The van der Waals surface area contributed by atoms with Gasteiger partial charge < -0.3 is 5.32 Å². The Kier molecular flexibility index (Phi) is 5.14. The summed E-state index contributed by atoms with van der Waals surface area (Å²) in [5.41, 5.74) is 1.92. The Morgan fingerprint density at radius 1 is 1.28 bits per heavy atom. The SMILES string of the molecule is Cn1cc(CCC(=O)Nc2cnn(Cc3c(F)cccc3Cl)c2)cn1. The zero-order valence-corrected chi connectivity index (χ0v) is 14.4. The molecular formula is C17H17ClFN5O. The summed E-state index contributed by atoms with van der Waals surface area (Å²) in [7, 11) is 1.83. The minimum Gasteiger partial charge on any atom is -0.323 e. The monoisotopic (exact) mass is 361 g/mol.